The lowest BCUT2D eigenvalue weighted by atomic mass is 10.2. The van der Waals surface area contributed by atoms with Crippen LogP contribution < -0.4 is 30.4 Å². The van der Waals surface area contributed by atoms with Gasteiger partial charge in [-0.05, 0) is 45.0 Å². The van der Waals surface area contributed by atoms with Crippen molar-refractivity contribution in [1.82, 2.24) is 15.4 Å². The molecule has 1 heterocycles. The molecule has 10 nitrogen and oxygen atoms in total. The summed E-state index contributed by atoms with van der Waals surface area (Å²) in [5.41, 5.74) is 6.17. The second-order valence-electron chi connectivity index (χ2n) is 8.04. The fourth-order valence-corrected chi connectivity index (χ4v) is 3.05. The molecule has 0 aliphatic rings. The van der Waals surface area contributed by atoms with E-state index < -0.39 is 11.7 Å². The summed E-state index contributed by atoms with van der Waals surface area (Å²) in [6.45, 7) is 5.75. The van der Waals surface area contributed by atoms with E-state index in [-0.39, 0.29) is 0 Å². The minimum atomic E-state index is -0.632. The first-order valence-electron chi connectivity index (χ1n) is 10.3. The zero-order valence-corrected chi connectivity index (χ0v) is 19.6. The molecule has 3 rings (SSSR count). The number of nitrogens with one attached hydrogen (secondary N) is 3. The Hall–Kier alpha value is -3.95. The second kappa shape index (κ2) is 10.1. The number of benzene rings is 2. The molecule has 0 saturated carbocycles. The molecule has 0 saturated heterocycles. The van der Waals surface area contributed by atoms with Gasteiger partial charge in [-0.2, -0.15) is 4.98 Å². The monoisotopic (exact) mass is 455 g/mol. The lowest BCUT2D eigenvalue weighted by Gasteiger charge is -2.20. The van der Waals surface area contributed by atoms with Gasteiger partial charge in [0.2, 0.25) is 5.95 Å². The molecule has 10 heteroatoms. The fraction of sp³-hybridized carbons (Fsp3) is 0.348. The summed E-state index contributed by atoms with van der Waals surface area (Å²) < 4.78 is 21.4. The van der Waals surface area contributed by atoms with E-state index in [0.717, 1.165) is 5.56 Å². The van der Waals surface area contributed by atoms with Gasteiger partial charge in [-0.15, -0.1) is 0 Å². The highest BCUT2D eigenvalue weighted by atomic mass is 16.6. The lowest BCUT2D eigenvalue weighted by Crippen LogP contribution is -2.36. The number of para-hydroxylation sites is 1. The van der Waals surface area contributed by atoms with Crippen LogP contribution in [0.5, 0.6) is 17.2 Å². The highest BCUT2D eigenvalue weighted by molar-refractivity contribution is 5.94. The zero-order chi connectivity index (χ0) is 24.0. The van der Waals surface area contributed by atoms with Gasteiger partial charge >= 0.3 is 6.09 Å². The maximum atomic E-state index is 12.1. The standard InChI is InChI=1S/C23H29N5O5/c1-23(2,3)33-22(29)28-27-20-16-8-7-9-17(31-5)19(16)25-21(26-20)24-13-14-10-11-15(30-4)12-18(14)32-6/h7-12H,13H2,1-6H3,(H,28,29)(H2,24,25,26,27). The van der Waals surface area contributed by atoms with Gasteiger partial charge in [0.1, 0.15) is 28.4 Å². The first kappa shape index (κ1) is 23.7. The van der Waals surface area contributed by atoms with E-state index in [1.54, 1.807) is 54.2 Å². The molecule has 0 fully saturated rings. The predicted molar refractivity (Wildman–Crippen MR) is 126 cm³/mol. The normalized spacial score (nSPS) is 11.0. The van der Waals surface area contributed by atoms with Gasteiger partial charge in [0.25, 0.3) is 0 Å². The molecule has 176 valence electrons. The molecule has 0 radical (unpaired) electrons. The number of amides is 1. The Bertz CT molecular complexity index is 1130. The number of carbonyl (C=O) groups excluding carboxylic acids is 1. The molecule has 2 aromatic carbocycles. The highest BCUT2D eigenvalue weighted by Crippen LogP contribution is 2.30. The minimum absolute atomic E-state index is 0.332. The van der Waals surface area contributed by atoms with Gasteiger partial charge in [-0.1, -0.05) is 6.07 Å². The van der Waals surface area contributed by atoms with E-state index in [2.05, 4.69) is 26.1 Å². The molecule has 0 aliphatic heterocycles. The summed E-state index contributed by atoms with van der Waals surface area (Å²) >= 11 is 0. The molecule has 3 aromatic rings. The van der Waals surface area contributed by atoms with Crippen LogP contribution in [-0.2, 0) is 11.3 Å². The lowest BCUT2D eigenvalue weighted by molar-refractivity contribution is 0.0541. The van der Waals surface area contributed by atoms with Gasteiger partial charge in [0.15, 0.2) is 5.82 Å². The van der Waals surface area contributed by atoms with Crippen molar-refractivity contribution in [2.45, 2.75) is 32.9 Å². The molecule has 1 aromatic heterocycles. The molecule has 0 atom stereocenters. The van der Waals surface area contributed by atoms with E-state index in [1.165, 1.54) is 0 Å². The Kier molecular flexibility index (Phi) is 7.27. The van der Waals surface area contributed by atoms with Gasteiger partial charge in [-0.25, -0.2) is 15.2 Å². The molecular formula is C23H29N5O5. The van der Waals surface area contributed by atoms with E-state index in [0.29, 0.717) is 46.5 Å². The molecule has 0 unspecified atom stereocenters. The second-order valence-corrected chi connectivity index (χ2v) is 8.04. The third-order valence-corrected chi connectivity index (χ3v) is 4.52. The van der Waals surface area contributed by atoms with E-state index in [1.807, 2.05) is 24.3 Å². The number of aromatic nitrogens is 2. The van der Waals surface area contributed by atoms with Crippen LogP contribution in [0.25, 0.3) is 10.9 Å². The average Bonchev–Trinajstić information content (AvgIpc) is 2.79. The quantitative estimate of drug-likeness (QED) is 0.431. The first-order valence-corrected chi connectivity index (χ1v) is 10.3. The van der Waals surface area contributed by atoms with Gasteiger partial charge in [-0.3, -0.25) is 5.43 Å². The van der Waals surface area contributed by atoms with Gasteiger partial charge in [0, 0.05) is 23.6 Å². The average molecular weight is 456 g/mol. The van der Waals surface area contributed by atoms with E-state index >= 15 is 0 Å². The van der Waals surface area contributed by atoms with Crippen LogP contribution in [0.3, 0.4) is 0 Å². The zero-order valence-electron chi connectivity index (χ0n) is 19.6. The van der Waals surface area contributed by atoms with Gasteiger partial charge < -0.3 is 24.3 Å². The van der Waals surface area contributed by atoms with Gasteiger partial charge in [0.05, 0.1) is 21.3 Å². The van der Waals surface area contributed by atoms with E-state index in [4.69, 9.17) is 18.9 Å². The van der Waals surface area contributed by atoms with Crippen molar-refractivity contribution >= 4 is 28.8 Å². The number of ether oxygens (including phenoxy) is 4. The van der Waals surface area contributed by atoms with Crippen molar-refractivity contribution in [2.24, 2.45) is 0 Å². The molecule has 0 spiro atoms. The summed E-state index contributed by atoms with van der Waals surface area (Å²) in [7, 11) is 4.77. The third-order valence-electron chi connectivity index (χ3n) is 4.52. The fourth-order valence-electron chi connectivity index (χ4n) is 3.05. The highest BCUT2D eigenvalue weighted by Gasteiger charge is 2.17. The Labute approximate surface area is 192 Å². The van der Waals surface area contributed by atoms with Crippen LogP contribution in [-0.4, -0.2) is 43.0 Å². The number of fused-ring (bicyclic) bond motifs is 1. The Morgan fingerprint density at radius 2 is 1.73 bits per heavy atom. The summed E-state index contributed by atoms with van der Waals surface area (Å²) in [5.74, 6) is 2.65. The summed E-state index contributed by atoms with van der Waals surface area (Å²) in [6.07, 6.45) is -0.630. The maximum Gasteiger partial charge on any atom is 0.426 e. The predicted octanol–water partition coefficient (Wildman–Crippen LogP) is 4.12. The number of anilines is 2. The topological polar surface area (TPSA) is 116 Å². The number of nitrogens with zero attached hydrogens (tertiary/aromatic N) is 2. The molecular weight excluding hydrogens is 426 g/mol. The van der Waals surface area contributed by atoms with Crippen molar-refractivity contribution in [3.63, 3.8) is 0 Å². The Morgan fingerprint density at radius 3 is 2.39 bits per heavy atom. The van der Waals surface area contributed by atoms with Crippen LogP contribution in [0.1, 0.15) is 26.3 Å². The van der Waals surface area contributed by atoms with Crippen molar-refractivity contribution in [2.75, 3.05) is 32.1 Å². The van der Waals surface area contributed by atoms with E-state index in [9.17, 15) is 4.79 Å². The van der Waals surface area contributed by atoms with Crippen LogP contribution >= 0.6 is 0 Å². The summed E-state index contributed by atoms with van der Waals surface area (Å²) in [4.78, 5) is 21.2. The minimum Gasteiger partial charge on any atom is -0.497 e. The smallest absolute Gasteiger partial charge is 0.426 e. The number of hydrazine groups is 1. The first-order chi connectivity index (χ1) is 15.7. The number of methoxy groups -OCH3 is 3. The number of hydrogen-bond donors (Lipinski definition) is 3. The van der Waals surface area contributed by atoms with Crippen molar-refractivity contribution < 1.29 is 23.7 Å². The SMILES string of the molecule is COc1ccc(CNc2nc(NNC(=O)OC(C)(C)C)c3cccc(OC)c3n2)c(OC)c1. The van der Waals surface area contributed by atoms with Crippen LogP contribution in [0, 0.1) is 0 Å². The molecule has 1 amide bonds. The van der Waals surface area contributed by atoms with Crippen LogP contribution in [0.4, 0.5) is 16.6 Å². The molecule has 0 aliphatic carbocycles. The van der Waals surface area contributed by atoms with Crippen molar-refractivity contribution in [3.8, 4) is 17.2 Å². The molecule has 0 bridgehead atoms. The Morgan fingerprint density at radius 1 is 0.970 bits per heavy atom. The molecule has 33 heavy (non-hydrogen) atoms. The Balaban J connectivity index is 1.88. The van der Waals surface area contributed by atoms with Crippen LogP contribution in [0.15, 0.2) is 36.4 Å². The van der Waals surface area contributed by atoms with Crippen molar-refractivity contribution in [1.29, 1.82) is 0 Å². The third kappa shape index (κ3) is 6.06. The number of hydrogen-bond acceptors (Lipinski definition) is 9. The summed E-state index contributed by atoms with van der Waals surface area (Å²) in [6, 6.07) is 11.0. The maximum absolute atomic E-state index is 12.1. The number of carbonyl (C=O) groups is 1. The largest absolute Gasteiger partial charge is 0.497 e. The van der Waals surface area contributed by atoms with Crippen molar-refractivity contribution in [3.05, 3.63) is 42.0 Å². The van der Waals surface area contributed by atoms with Crippen LogP contribution in [0.2, 0.25) is 0 Å². The molecule has 3 N–H and O–H groups in total. The number of rotatable bonds is 8. The summed E-state index contributed by atoms with van der Waals surface area (Å²) in [5, 5.41) is 3.87.